The summed E-state index contributed by atoms with van der Waals surface area (Å²) in [5.41, 5.74) is 5.46. The number of nitrogens with two attached hydrogens (primary N) is 1. The molecule has 0 radical (unpaired) electrons. The molecule has 1 aromatic rings. The summed E-state index contributed by atoms with van der Waals surface area (Å²) in [4.78, 5) is 10.0. The van der Waals surface area contributed by atoms with Crippen LogP contribution in [0.15, 0.2) is 18.2 Å². The summed E-state index contributed by atoms with van der Waals surface area (Å²) in [5.74, 6) is -0.177. The van der Waals surface area contributed by atoms with Gasteiger partial charge in [0.25, 0.3) is 0 Å². The van der Waals surface area contributed by atoms with Crippen molar-refractivity contribution in [2.75, 3.05) is 13.4 Å². The Hall–Kier alpha value is -1.87. The fourth-order valence-electron chi connectivity index (χ4n) is 1.22. The van der Waals surface area contributed by atoms with Gasteiger partial charge in [-0.1, -0.05) is 6.07 Å². The molecule has 1 aromatic carbocycles. The number of benzene rings is 1. The number of nitro benzene ring substituents is 1. The molecule has 0 aliphatic heterocycles. The molecule has 0 fully saturated rings. The van der Waals surface area contributed by atoms with Crippen molar-refractivity contribution in [3.63, 3.8) is 0 Å². The van der Waals surface area contributed by atoms with Gasteiger partial charge in [-0.05, 0) is 11.6 Å². The van der Waals surface area contributed by atoms with Crippen LogP contribution in [-0.2, 0) is 11.3 Å². The van der Waals surface area contributed by atoms with E-state index in [9.17, 15) is 23.3 Å². The summed E-state index contributed by atoms with van der Waals surface area (Å²) in [6.07, 6.45) is -4.47. The van der Waals surface area contributed by atoms with Crippen LogP contribution >= 0.6 is 0 Å². The molecule has 0 saturated carbocycles. The fourth-order valence-corrected chi connectivity index (χ4v) is 1.22. The minimum absolute atomic E-state index is 0.103. The first kappa shape index (κ1) is 15.2. The monoisotopic (exact) mass is 280 g/mol. The quantitative estimate of drug-likeness (QED) is 0.372. The smallest absolute Gasteiger partial charge is 0.411 e. The minimum atomic E-state index is -4.47. The highest BCUT2D eigenvalue weighted by Crippen LogP contribution is 2.28. The highest BCUT2D eigenvalue weighted by atomic mass is 19.4. The number of halogens is 3. The lowest BCUT2D eigenvalue weighted by Crippen LogP contribution is -2.19. The number of nitrogens with zero attached hydrogens (tertiary/aromatic N) is 1. The van der Waals surface area contributed by atoms with Crippen LogP contribution < -0.4 is 10.5 Å². The molecule has 0 unspecified atom stereocenters. The van der Waals surface area contributed by atoms with Gasteiger partial charge in [0.15, 0.2) is 12.5 Å². The Morgan fingerprint density at radius 2 is 2.05 bits per heavy atom. The first-order valence-electron chi connectivity index (χ1n) is 5.08. The standard InChI is InChI=1S/C10H11F3N2O4/c11-10(12,13)5-18-6-19-9-2-1-7(4-14)3-8(9)15(16)17/h1-3H,4-6,14H2. The molecule has 0 aliphatic carbocycles. The molecule has 9 heteroatoms. The number of hydrogen-bond acceptors (Lipinski definition) is 5. The van der Waals surface area contributed by atoms with Crippen molar-refractivity contribution in [3.05, 3.63) is 33.9 Å². The van der Waals surface area contributed by atoms with Gasteiger partial charge in [0, 0.05) is 12.6 Å². The van der Waals surface area contributed by atoms with Gasteiger partial charge in [0.05, 0.1) is 4.92 Å². The van der Waals surface area contributed by atoms with E-state index in [0.717, 1.165) is 0 Å². The van der Waals surface area contributed by atoms with Crippen molar-refractivity contribution < 1.29 is 27.6 Å². The molecule has 0 aliphatic rings. The molecule has 2 N–H and O–H groups in total. The zero-order valence-electron chi connectivity index (χ0n) is 9.64. The van der Waals surface area contributed by atoms with Crippen LogP contribution in [-0.4, -0.2) is 24.5 Å². The van der Waals surface area contributed by atoms with Gasteiger partial charge in [-0.25, -0.2) is 0 Å². The third kappa shape index (κ3) is 5.10. The maximum atomic E-state index is 11.8. The van der Waals surface area contributed by atoms with Crippen molar-refractivity contribution in [1.82, 2.24) is 0 Å². The molecular formula is C10H11F3N2O4. The van der Waals surface area contributed by atoms with Crippen LogP contribution in [0.3, 0.4) is 0 Å². The SMILES string of the molecule is NCc1ccc(OCOCC(F)(F)F)c([N+](=O)[O-])c1. The van der Waals surface area contributed by atoms with E-state index in [1.807, 2.05) is 0 Å². The van der Waals surface area contributed by atoms with Crippen molar-refractivity contribution >= 4 is 5.69 Å². The molecule has 0 saturated heterocycles. The van der Waals surface area contributed by atoms with E-state index in [0.29, 0.717) is 5.56 Å². The Morgan fingerprint density at radius 3 is 2.58 bits per heavy atom. The van der Waals surface area contributed by atoms with Gasteiger partial charge >= 0.3 is 11.9 Å². The maximum Gasteiger partial charge on any atom is 0.411 e. The normalized spacial score (nSPS) is 11.4. The van der Waals surface area contributed by atoms with Crippen molar-refractivity contribution in [2.45, 2.75) is 12.7 Å². The van der Waals surface area contributed by atoms with Crippen LogP contribution in [0.25, 0.3) is 0 Å². The van der Waals surface area contributed by atoms with Gasteiger partial charge in [-0.3, -0.25) is 10.1 Å². The summed E-state index contributed by atoms with van der Waals surface area (Å²) in [6, 6.07) is 3.93. The second-order valence-corrected chi connectivity index (χ2v) is 3.49. The van der Waals surface area contributed by atoms with Gasteiger partial charge in [-0.15, -0.1) is 0 Å². The summed E-state index contributed by atoms with van der Waals surface area (Å²) >= 11 is 0. The number of ether oxygens (including phenoxy) is 2. The number of hydrogen-bond donors (Lipinski definition) is 1. The third-order valence-corrected chi connectivity index (χ3v) is 2.02. The zero-order valence-corrected chi connectivity index (χ0v) is 9.64. The van der Waals surface area contributed by atoms with Crippen molar-refractivity contribution in [3.8, 4) is 5.75 Å². The van der Waals surface area contributed by atoms with E-state index >= 15 is 0 Å². The van der Waals surface area contributed by atoms with Crippen LogP contribution in [0.1, 0.15) is 5.56 Å². The Balaban J connectivity index is 2.65. The summed E-state index contributed by atoms with van der Waals surface area (Å²) in [7, 11) is 0. The Morgan fingerprint density at radius 1 is 1.37 bits per heavy atom. The molecule has 19 heavy (non-hydrogen) atoms. The van der Waals surface area contributed by atoms with Gasteiger partial charge < -0.3 is 15.2 Å². The molecule has 0 heterocycles. The largest absolute Gasteiger partial charge is 0.460 e. The molecule has 6 nitrogen and oxygen atoms in total. The predicted molar refractivity (Wildman–Crippen MR) is 58.5 cm³/mol. The molecular weight excluding hydrogens is 269 g/mol. The number of alkyl halides is 3. The predicted octanol–water partition coefficient (Wildman–Crippen LogP) is 1.97. The Bertz CT molecular complexity index is 451. The van der Waals surface area contributed by atoms with E-state index in [1.54, 1.807) is 0 Å². The molecule has 0 atom stereocenters. The molecule has 106 valence electrons. The first-order valence-corrected chi connectivity index (χ1v) is 5.08. The third-order valence-electron chi connectivity index (χ3n) is 2.02. The highest BCUT2D eigenvalue weighted by molar-refractivity contribution is 5.48. The maximum absolute atomic E-state index is 11.8. The molecule has 1 rings (SSSR count). The molecule has 0 spiro atoms. The molecule has 0 amide bonds. The van der Waals surface area contributed by atoms with E-state index in [-0.39, 0.29) is 18.0 Å². The fraction of sp³-hybridized carbons (Fsp3) is 0.400. The average Bonchev–Trinajstić information content (AvgIpc) is 2.33. The second kappa shape index (κ2) is 6.34. The lowest BCUT2D eigenvalue weighted by atomic mass is 10.2. The number of nitro groups is 1. The second-order valence-electron chi connectivity index (χ2n) is 3.49. The lowest BCUT2D eigenvalue weighted by molar-refractivity contribution is -0.386. The van der Waals surface area contributed by atoms with Gasteiger partial charge in [0.2, 0.25) is 0 Å². The van der Waals surface area contributed by atoms with E-state index in [1.165, 1.54) is 18.2 Å². The van der Waals surface area contributed by atoms with Crippen molar-refractivity contribution in [2.24, 2.45) is 5.73 Å². The zero-order chi connectivity index (χ0) is 14.5. The molecule has 0 aromatic heterocycles. The van der Waals surface area contributed by atoms with Gasteiger partial charge in [-0.2, -0.15) is 13.2 Å². The molecule has 0 bridgehead atoms. The number of rotatable bonds is 6. The van der Waals surface area contributed by atoms with E-state index in [4.69, 9.17) is 10.5 Å². The van der Waals surface area contributed by atoms with Crippen molar-refractivity contribution in [1.29, 1.82) is 0 Å². The van der Waals surface area contributed by atoms with Crippen LogP contribution in [0.5, 0.6) is 5.75 Å². The summed E-state index contributed by atoms with van der Waals surface area (Å²) in [6.45, 7) is -2.12. The first-order chi connectivity index (χ1) is 8.83. The van der Waals surface area contributed by atoms with Crippen LogP contribution in [0, 0.1) is 10.1 Å². The van der Waals surface area contributed by atoms with Crippen LogP contribution in [0.2, 0.25) is 0 Å². The minimum Gasteiger partial charge on any atom is -0.460 e. The van der Waals surface area contributed by atoms with E-state index in [2.05, 4.69) is 4.74 Å². The summed E-state index contributed by atoms with van der Waals surface area (Å²) in [5, 5.41) is 10.7. The topological polar surface area (TPSA) is 87.6 Å². The van der Waals surface area contributed by atoms with Gasteiger partial charge in [0.1, 0.15) is 6.61 Å². The van der Waals surface area contributed by atoms with E-state index < -0.39 is 24.5 Å². The summed E-state index contributed by atoms with van der Waals surface area (Å²) < 4.78 is 44.3. The average molecular weight is 280 g/mol. The Labute approximate surface area is 106 Å². The Kier molecular flexibility index (Phi) is 5.07. The lowest BCUT2D eigenvalue weighted by Gasteiger charge is -2.10. The van der Waals surface area contributed by atoms with Crippen LogP contribution in [0.4, 0.5) is 18.9 Å². The highest BCUT2D eigenvalue weighted by Gasteiger charge is 2.27.